The lowest BCUT2D eigenvalue weighted by Crippen LogP contribution is -2.44. The maximum absolute atomic E-state index is 11.7. The van der Waals surface area contributed by atoms with E-state index in [4.69, 9.17) is 0 Å². The number of hydrogen-bond donors (Lipinski definition) is 2. The molecule has 100 valence electrons. The number of para-hydroxylation sites is 1. The molecule has 0 aliphatic rings. The van der Waals surface area contributed by atoms with Crippen LogP contribution in [0.5, 0.6) is 0 Å². The van der Waals surface area contributed by atoms with Gasteiger partial charge in [-0.2, -0.15) is 0 Å². The number of hydrogen-bond acceptors (Lipinski definition) is 3. The molecule has 0 heterocycles. The monoisotopic (exact) mass is 270 g/mol. The van der Waals surface area contributed by atoms with Crippen molar-refractivity contribution in [3.05, 3.63) is 30.3 Å². The molecule has 0 aliphatic heterocycles. The van der Waals surface area contributed by atoms with E-state index in [0.29, 0.717) is 5.69 Å². The van der Waals surface area contributed by atoms with Crippen LogP contribution in [0, 0.1) is 0 Å². The van der Waals surface area contributed by atoms with Gasteiger partial charge in [-0.3, -0.25) is 9.52 Å². The topological polar surface area (TPSA) is 75.3 Å². The number of benzene rings is 1. The maximum Gasteiger partial charge on any atom is 0.241 e. The number of anilines is 1. The van der Waals surface area contributed by atoms with Gasteiger partial charge in [0.15, 0.2) is 0 Å². The first-order valence-electron chi connectivity index (χ1n) is 5.54. The molecule has 2 N–H and O–H groups in total. The zero-order chi connectivity index (χ0) is 13.8. The fraction of sp³-hybridized carbons (Fsp3) is 0.417. The van der Waals surface area contributed by atoms with Crippen LogP contribution >= 0.6 is 0 Å². The molecule has 5 nitrogen and oxygen atoms in total. The molecule has 0 radical (unpaired) electrons. The van der Waals surface area contributed by atoms with E-state index in [-0.39, 0.29) is 0 Å². The van der Waals surface area contributed by atoms with Gasteiger partial charge >= 0.3 is 0 Å². The minimum Gasteiger partial charge on any atom is -0.351 e. The van der Waals surface area contributed by atoms with Gasteiger partial charge in [0.2, 0.25) is 15.9 Å². The molecule has 18 heavy (non-hydrogen) atoms. The predicted octanol–water partition coefficient (Wildman–Crippen LogP) is 1.34. The Balaban J connectivity index is 2.63. The van der Waals surface area contributed by atoms with Gasteiger partial charge < -0.3 is 5.32 Å². The Morgan fingerprint density at radius 2 is 1.72 bits per heavy atom. The van der Waals surface area contributed by atoms with Gasteiger partial charge in [0.25, 0.3) is 0 Å². The second-order valence-electron chi connectivity index (χ2n) is 5.03. The quantitative estimate of drug-likeness (QED) is 0.867. The Morgan fingerprint density at radius 1 is 1.17 bits per heavy atom. The summed E-state index contributed by atoms with van der Waals surface area (Å²) in [6, 6.07) is 8.46. The largest absolute Gasteiger partial charge is 0.351 e. The third kappa shape index (κ3) is 5.67. The molecule has 1 rings (SSSR count). The number of carbonyl (C=O) groups is 1. The molecule has 0 aliphatic carbocycles. The minimum absolute atomic E-state index is 0.445. The molecule has 0 aromatic heterocycles. The molecule has 0 atom stereocenters. The normalized spacial score (nSPS) is 11.9. The summed E-state index contributed by atoms with van der Waals surface area (Å²) < 4.78 is 25.8. The molecule has 0 saturated heterocycles. The first-order chi connectivity index (χ1) is 8.18. The Morgan fingerprint density at radius 3 is 2.22 bits per heavy atom. The highest BCUT2D eigenvalue weighted by Crippen LogP contribution is 2.08. The molecule has 1 aromatic carbocycles. The van der Waals surface area contributed by atoms with Crippen LogP contribution < -0.4 is 10.0 Å². The van der Waals surface area contributed by atoms with Crippen LogP contribution in [0.2, 0.25) is 0 Å². The van der Waals surface area contributed by atoms with Crippen molar-refractivity contribution in [1.82, 2.24) is 5.32 Å². The Bertz CT molecular complexity index is 504. The molecular formula is C12H18N2O3S. The number of carbonyl (C=O) groups excluding carboxylic acids is 1. The van der Waals surface area contributed by atoms with E-state index in [0.717, 1.165) is 0 Å². The molecule has 0 fully saturated rings. The van der Waals surface area contributed by atoms with Crippen molar-refractivity contribution in [2.24, 2.45) is 0 Å². The number of nitrogens with one attached hydrogen (secondary N) is 2. The van der Waals surface area contributed by atoms with E-state index in [1.54, 1.807) is 51.1 Å². The van der Waals surface area contributed by atoms with Crippen LogP contribution in [0.15, 0.2) is 30.3 Å². The van der Waals surface area contributed by atoms with Crippen molar-refractivity contribution in [2.75, 3.05) is 10.5 Å². The van der Waals surface area contributed by atoms with Crippen LogP contribution in [0.1, 0.15) is 20.8 Å². The van der Waals surface area contributed by atoms with Gasteiger partial charge in [-0.25, -0.2) is 8.42 Å². The van der Waals surface area contributed by atoms with E-state index in [1.807, 2.05) is 0 Å². The lowest BCUT2D eigenvalue weighted by atomic mass is 10.1. The summed E-state index contributed by atoms with van der Waals surface area (Å²) in [6.07, 6.45) is 0. The highest BCUT2D eigenvalue weighted by atomic mass is 32.2. The summed E-state index contributed by atoms with van der Waals surface area (Å²) in [6.45, 7) is 5.38. The van der Waals surface area contributed by atoms with Crippen LogP contribution in [0.25, 0.3) is 0 Å². The molecule has 0 saturated carbocycles. The van der Waals surface area contributed by atoms with Crippen LogP contribution in [0.3, 0.4) is 0 Å². The molecule has 0 spiro atoms. The number of sulfonamides is 1. The van der Waals surface area contributed by atoms with Crippen molar-refractivity contribution < 1.29 is 13.2 Å². The van der Waals surface area contributed by atoms with E-state index < -0.39 is 27.2 Å². The number of amides is 1. The van der Waals surface area contributed by atoms with E-state index >= 15 is 0 Å². The summed E-state index contributed by atoms with van der Waals surface area (Å²) in [5.41, 5.74) is 0.000336. The highest BCUT2D eigenvalue weighted by molar-refractivity contribution is 7.93. The molecular weight excluding hydrogens is 252 g/mol. The van der Waals surface area contributed by atoms with Crippen LogP contribution in [-0.4, -0.2) is 25.6 Å². The Kier molecular flexibility index (Phi) is 4.34. The third-order valence-electron chi connectivity index (χ3n) is 1.88. The van der Waals surface area contributed by atoms with Crippen molar-refractivity contribution in [1.29, 1.82) is 0 Å². The van der Waals surface area contributed by atoms with Crippen molar-refractivity contribution in [3.63, 3.8) is 0 Å². The first-order valence-corrected chi connectivity index (χ1v) is 7.20. The van der Waals surface area contributed by atoms with Crippen molar-refractivity contribution >= 4 is 21.6 Å². The lowest BCUT2D eigenvalue weighted by Gasteiger charge is -2.20. The second-order valence-corrected chi connectivity index (χ2v) is 6.75. The molecule has 6 heteroatoms. The Labute approximate surface area is 108 Å². The molecule has 0 bridgehead atoms. The summed E-state index contributed by atoms with van der Waals surface area (Å²) in [4.78, 5) is 11.5. The van der Waals surface area contributed by atoms with Gasteiger partial charge in [0.1, 0.15) is 5.75 Å². The van der Waals surface area contributed by atoms with Crippen molar-refractivity contribution in [3.8, 4) is 0 Å². The fourth-order valence-corrected chi connectivity index (χ4v) is 2.33. The summed E-state index contributed by atoms with van der Waals surface area (Å²) in [5, 5.41) is 2.60. The minimum atomic E-state index is -3.67. The Hall–Kier alpha value is -1.56. The average molecular weight is 270 g/mol. The SMILES string of the molecule is CC(C)(C)NC(=O)CS(=O)(=O)Nc1ccccc1. The highest BCUT2D eigenvalue weighted by Gasteiger charge is 2.20. The zero-order valence-electron chi connectivity index (χ0n) is 10.7. The molecule has 1 amide bonds. The number of rotatable bonds is 4. The first kappa shape index (κ1) is 14.5. The van der Waals surface area contributed by atoms with Crippen LogP contribution in [0.4, 0.5) is 5.69 Å². The third-order valence-corrected chi connectivity index (χ3v) is 3.07. The predicted molar refractivity (Wildman–Crippen MR) is 71.7 cm³/mol. The summed E-state index contributed by atoms with van der Waals surface area (Å²) in [7, 11) is -3.67. The van der Waals surface area contributed by atoms with E-state index in [1.165, 1.54) is 0 Å². The lowest BCUT2D eigenvalue weighted by molar-refractivity contribution is -0.119. The fourth-order valence-electron chi connectivity index (χ4n) is 1.35. The maximum atomic E-state index is 11.7. The molecule has 1 aromatic rings. The zero-order valence-corrected chi connectivity index (χ0v) is 11.5. The molecule has 0 unspecified atom stereocenters. The van der Waals surface area contributed by atoms with Gasteiger partial charge in [0.05, 0.1) is 0 Å². The average Bonchev–Trinajstić information content (AvgIpc) is 2.13. The van der Waals surface area contributed by atoms with Gasteiger partial charge in [-0.15, -0.1) is 0 Å². The smallest absolute Gasteiger partial charge is 0.241 e. The summed E-state index contributed by atoms with van der Waals surface area (Å²) in [5.74, 6) is -1.11. The van der Waals surface area contributed by atoms with E-state index in [9.17, 15) is 13.2 Å². The van der Waals surface area contributed by atoms with Crippen molar-refractivity contribution in [2.45, 2.75) is 26.3 Å². The van der Waals surface area contributed by atoms with Gasteiger partial charge in [-0.1, -0.05) is 18.2 Å². The summed E-state index contributed by atoms with van der Waals surface area (Å²) >= 11 is 0. The standard InChI is InChI=1S/C12H18N2O3S/c1-12(2,3)13-11(15)9-18(16,17)14-10-7-5-4-6-8-10/h4-8,14H,9H2,1-3H3,(H,13,15). The van der Waals surface area contributed by atoms with E-state index in [2.05, 4.69) is 10.0 Å². The van der Waals surface area contributed by atoms with Gasteiger partial charge in [-0.05, 0) is 32.9 Å². The van der Waals surface area contributed by atoms with Crippen LogP contribution in [-0.2, 0) is 14.8 Å². The second kappa shape index (κ2) is 5.39. The van der Waals surface area contributed by atoms with Gasteiger partial charge in [0, 0.05) is 11.2 Å².